The molecule has 0 bridgehead atoms. The van der Waals surface area contributed by atoms with Crippen LogP contribution in [0.4, 0.5) is 0 Å². The maximum atomic E-state index is 13.1. The number of nitrogens with one attached hydrogen (secondary N) is 3. The smallest absolute Gasteiger partial charge is 0.326 e. The number of aromatic hydroxyl groups is 1. The summed E-state index contributed by atoms with van der Waals surface area (Å²) in [6.45, 7) is 3.56. The first-order valence-corrected chi connectivity index (χ1v) is 11.4. The molecule has 204 valence electrons. The van der Waals surface area contributed by atoms with Gasteiger partial charge in [-0.3, -0.25) is 24.0 Å². The zero-order valence-corrected chi connectivity index (χ0v) is 20.5. The molecule has 0 fully saturated rings. The molecule has 0 saturated heterocycles. The van der Waals surface area contributed by atoms with E-state index in [1.54, 1.807) is 13.8 Å². The van der Waals surface area contributed by atoms with Crippen LogP contribution in [-0.4, -0.2) is 75.1 Å². The van der Waals surface area contributed by atoms with Crippen LogP contribution in [0.15, 0.2) is 24.3 Å². The van der Waals surface area contributed by atoms with Crippen molar-refractivity contribution in [3.05, 3.63) is 29.8 Å². The molecule has 0 spiro atoms. The van der Waals surface area contributed by atoms with Crippen molar-refractivity contribution in [3.63, 3.8) is 0 Å². The van der Waals surface area contributed by atoms with Crippen LogP contribution in [0.5, 0.6) is 5.75 Å². The van der Waals surface area contributed by atoms with E-state index in [9.17, 15) is 39.0 Å². The minimum Gasteiger partial charge on any atom is -0.508 e. The number of benzene rings is 1. The zero-order chi connectivity index (χ0) is 28.3. The molecule has 1 aromatic rings. The number of primary amides is 1. The monoisotopic (exact) mass is 523 g/mol. The standard InChI is InChI=1S/C23H33N5O9/c1-11(2)7-15(26-20(33)14(24)9-18(25)30)21(34)27-16(8-12-3-5-13(29)6-4-12)22(35)28-17(23(36)37)10-19(31)32/h3-6,11,14-17,29H,7-10,24H2,1-2H3,(H2,25,30)(H,26,33)(H,27,34)(H,28,35)(H,31,32)(H,36,37). The van der Waals surface area contributed by atoms with Crippen LogP contribution < -0.4 is 27.4 Å². The Morgan fingerprint density at radius 2 is 1.32 bits per heavy atom. The number of phenols is 1. The molecule has 4 atom stereocenters. The van der Waals surface area contributed by atoms with Crippen LogP contribution in [0.25, 0.3) is 0 Å². The number of carboxylic acids is 2. The fourth-order valence-electron chi connectivity index (χ4n) is 3.29. The molecule has 4 amide bonds. The summed E-state index contributed by atoms with van der Waals surface area (Å²) in [6, 6.07) is 0.0326. The number of hydrogen-bond acceptors (Lipinski definition) is 8. The van der Waals surface area contributed by atoms with Gasteiger partial charge in [0.1, 0.15) is 23.9 Å². The van der Waals surface area contributed by atoms with Gasteiger partial charge in [-0.15, -0.1) is 0 Å². The lowest BCUT2D eigenvalue weighted by molar-refractivity contribution is -0.147. The molecule has 0 saturated carbocycles. The molecule has 0 aliphatic carbocycles. The topological polar surface area (TPSA) is 251 Å². The molecular weight excluding hydrogens is 490 g/mol. The first-order chi connectivity index (χ1) is 17.2. The van der Waals surface area contributed by atoms with Gasteiger partial charge < -0.3 is 42.7 Å². The van der Waals surface area contributed by atoms with E-state index in [-0.39, 0.29) is 24.5 Å². The number of hydrogen-bond donors (Lipinski definition) is 8. The van der Waals surface area contributed by atoms with Crippen LogP contribution in [0.1, 0.15) is 38.7 Å². The fourth-order valence-corrected chi connectivity index (χ4v) is 3.29. The molecule has 0 aliphatic heterocycles. The van der Waals surface area contributed by atoms with Crippen LogP contribution in [0.2, 0.25) is 0 Å². The second kappa shape index (κ2) is 14.4. The summed E-state index contributed by atoms with van der Waals surface area (Å²) >= 11 is 0. The van der Waals surface area contributed by atoms with Crippen molar-refractivity contribution >= 4 is 35.6 Å². The summed E-state index contributed by atoms with van der Waals surface area (Å²) in [7, 11) is 0. The average molecular weight is 524 g/mol. The third-order valence-electron chi connectivity index (χ3n) is 5.10. The van der Waals surface area contributed by atoms with Crippen LogP contribution >= 0.6 is 0 Å². The van der Waals surface area contributed by atoms with Gasteiger partial charge in [-0.05, 0) is 30.0 Å². The number of carbonyl (C=O) groups excluding carboxylic acids is 4. The van der Waals surface area contributed by atoms with Gasteiger partial charge in [0.2, 0.25) is 23.6 Å². The Morgan fingerprint density at radius 1 is 0.811 bits per heavy atom. The Labute approximate surface area is 212 Å². The largest absolute Gasteiger partial charge is 0.508 e. The first kappa shape index (κ1) is 30.8. The van der Waals surface area contributed by atoms with Crippen molar-refractivity contribution in [3.8, 4) is 5.75 Å². The lowest BCUT2D eigenvalue weighted by atomic mass is 10.00. The second-order valence-corrected chi connectivity index (χ2v) is 8.90. The first-order valence-electron chi connectivity index (χ1n) is 11.4. The maximum absolute atomic E-state index is 13.1. The van der Waals surface area contributed by atoms with Crippen molar-refractivity contribution in [1.29, 1.82) is 0 Å². The Kier molecular flexibility index (Phi) is 12.0. The van der Waals surface area contributed by atoms with Crippen molar-refractivity contribution in [2.45, 2.75) is 63.7 Å². The molecule has 14 heteroatoms. The van der Waals surface area contributed by atoms with Gasteiger partial charge in [0.25, 0.3) is 0 Å². The molecule has 1 aromatic carbocycles. The van der Waals surface area contributed by atoms with Crippen LogP contribution in [-0.2, 0) is 35.2 Å². The van der Waals surface area contributed by atoms with E-state index >= 15 is 0 Å². The Morgan fingerprint density at radius 3 is 1.81 bits per heavy atom. The Hall–Kier alpha value is -4.20. The SMILES string of the molecule is CC(C)CC(NC(=O)C(N)CC(N)=O)C(=O)NC(Cc1ccc(O)cc1)C(=O)NC(CC(=O)O)C(=O)O. The predicted molar refractivity (Wildman–Crippen MR) is 129 cm³/mol. The number of amides is 4. The van der Waals surface area contributed by atoms with Crippen molar-refractivity contribution in [2.75, 3.05) is 0 Å². The fraction of sp³-hybridized carbons (Fsp3) is 0.478. The highest BCUT2D eigenvalue weighted by Gasteiger charge is 2.31. The summed E-state index contributed by atoms with van der Waals surface area (Å²) in [4.78, 5) is 72.0. The normalized spacial score (nSPS) is 14.1. The molecule has 0 aliphatic rings. The molecule has 4 unspecified atom stereocenters. The quantitative estimate of drug-likeness (QED) is 0.128. The summed E-state index contributed by atoms with van der Waals surface area (Å²) < 4.78 is 0. The Bertz CT molecular complexity index is 997. The highest BCUT2D eigenvalue weighted by Crippen LogP contribution is 2.13. The molecule has 37 heavy (non-hydrogen) atoms. The van der Waals surface area contributed by atoms with Gasteiger partial charge >= 0.3 is 11.9 Å². The summed E-state index contributed by atoms with van der Waals surface area (Å²) in [6.07, 6.45) is -1.37. The molecule has 0 heterocycles. The third-order valence-corrected chi connectivity index (χ3v) is 5.10. The highest BCUT2D eigenvalue weighted by molar-refractivity contribution is 5.95. The van der Waals surface area contributed by atoms with Crippen molar-refractivity contribution in [2.24, 2.45) is 17.4 Å². The molecule has 0 radical (unpaired) electrons. The molecule has 14 nitrogen and oxygen atoms in total. The number of carbonyl (C=O) groups is 6. The van der Waals surface area contributed by atoms with Crippen LogP contribution in [0.3, 0.4) is 0 Å². The maximum Gasteiger partial charge on any atom is 0.326 e. The number of carboxylic acid groups (broad SMARTS) is 2. The molecule has 1 rings (SSSR count). The summed E-state index contributed by atoms with van der Waals surface area (Å²) in [5.74, 6) is -6.59. The zero-order valence-electron chi connectivity index (χ0n) is 20.5. The van der Waals surface area contributed by atoms with Gasteiger partial charge in [0, 0.05) is 6.42 Å². The second-order valence-electron chi connectivity index (χ2n) is 8.90. The summed E-state index contributed by atoms with van der Waals surface area (Å²) in [5, 5.41) is 34.7. The number of rotatable bonds is 15. The van der Waals surface area contributed by atoms with E-state index in [2.05, 4.69) is 16.0 Å². The average Bonchev–Trinajstić information content (AvgIpc) is 2.77. The van der Waals surface area contributed by atoms with Gasteiger partial charge in [-0.1, -0.05) is 26.0 Å². The van der Waals surface area contributed by atoms with Crippen molar-refractivity contribution < 1.29 is 44.1 Å². The van der Waals surface area contributed by atoms with Gasteiger partial charge in [-0.2, -0.15) is 0 Å². The molecule has 10 N–H and O–H groups in total. The van der Waals surface area contributed by atoms with Crippen molar-refractivity contribution in [1.82, 2.24) is 16.0 Å². The minimum absolute atomic E-state index is 0.0480. The predicted octanol–water partition coefficient (Wildman–Crippen LogP) is -1.80. The third kappa shape index (κ3) is 11.4. The van der Waals surface area contributed by atoms with Gasteiger partial charge in [-0.25, -0.2) is 4.79 Å². The van der Waals surface area contributed by atoms with E-state index in [4.69, 9.17) is 16.6 Å². The van der Waals surface area contributed by atoms with Gasteiger partial charge in [0.15, 0.2) is 0 Å². The summed E-state index contributed by atoms with van der Waals surface area (Å²) in [5.41, 5.74) is 11.2. The Balaban J connectivity index is 3.17. The van der Waals surface area contributed by atoms with Gasteiger partial charge in [0.05, 0.1) is 18.9 Å². The molecule has 0 aromatic heterocycles. The number of phenolic OH excluding ortho intramolecular Hbond substituents is 1. The lowest BCUT2D eigenvalue weighted by Gasteiger charge is -2.26. The highest BCUT2D eigenvalue weighted by atomic mass is 16.4. The molecular formula is C23H33N5O9. The number of aliphatic carboxylic acids is 2. The van der Waals surface area contributed by atoms with E-state index in [1.165, 1.54) is 24.3 Å². The lowest BCUT2D eigenvalue weighted by Crippen LogP contribution is -2.58. The van der Waals surface area contributed by atoms with E-state index in [0.29, 0.717) is 5.56 Å². The van der Waals surface area contributed by atoms with Crippen LogP contribution in [0, 0.1) is 5.92 Å². The minimum atomic E-state index is -1.76. The van der Waals surface area contributed by atoms with E-state index in [1.807, 2.05) is 0 Å². The van der Waals surface area contributed by atoms with E-state index in [0.717, 1.165) is 0 Å². The van der Waals surface area contributed by atoms with E-state index < -0.39 is 72.6 Å². The number of nitrogens with two attached hydrogens (primary N) is 2.